The van der Waals surface area contributed by atoms with Crippen LogP contribution in [0.4, 0.5) is 4.79 Å². The average Bonchev–Trinajstić information content (AvgIpc) is 3.26. The highest BCUT2D eigenvalue weighted by Crippen LogP contribution is 2.51. The Morgan fingerprint density at radius 3 is 2.15 bits per heavy atom. The van der Waals surface area contributed by atoms with E-state index in [0.29, 0.717) is 24.7 Å². The number of hydrogen-bond acceptors (Lipinski definition) is 6. The van der Waals surface area contributed by atoms with Gasteiger partial charge in [0.05, 0.1) is 19.6 Å². The molecular formula is C25H46NO6P. The molecule has 2 saturated carbocycles. The summed E-state index contributed by atoms with van der Waals surface area (Å²) in [7, 11) is -1.88. The summed E-state index contributed by atoms with van der Waals surface area (Å²) >= 11 is 0. The molecule has 7 nitrogen and oxygen atoms in total. The van der Waals surface area contributed by atoms with Crippen molar-refractivity contribution < 1.29 is 28.2 Å². The van der Waals surface area contributed by atoms with Gasteiger partial charge in [0.1, 0.15) is 11.4 Å². The number of carbonyl (C=O) groups is 2. The summed E-state index contributed by atoms with van der Waals surface area (Å²) in [5.74, 6) is -0.353. The van der Waals surface area contributed by atoms with E-state index in [0.717, 1.165) is 32.1 Å². The molecule has 0 saturated heterocycles. The molecule has 3 unspecified atom stereocenters. The molecule has 3 atom stereocenters. The fourth-order valence-corrected chi connectivity index (χ4v) is 6.73. The minimum absolute atomic E-state index is 0.0460. The summed E-state index contributed by atoms with van der Waals surface area (Å²) in [6.07, 6.45) is 12.3. The highest BCUT2D eigenvalue weighted by molar-refractivity contribution is 7.58. The van der Waals surface area contributed by atoms with Crippen molar-refractivity contribution in [1.82, 2.24) is 5.32 Å². The van der Waals surface area contributed by atoms with Crippen LogP contribution < -0.4 is 5.32 Å². The third kappa shape index (κ3) is 10.4. The number of rotatable bonds is 11. The van der Waals surface area contributed by atoms with Crippen LogP contribution in [-0.4, -0.2) is 43.8 Å². The summed E-state index contributed by atoms with van der Waals surface area (Å²) in [4.78, 5) is 24.9. The quantitative estimate of drug-likeness (QED) is 0.264. The highest BCUT2D eigenvalue weighted by Gasteiger charge is 2.36. The Kier molecular flexibility index (Phi) is 11.2. The SMILES string of the molecule is COC(=O)C(CCC1CCCC1)COP(C)(=O)C(CC1CCCCC1)NC(=O)OC(C)(C)C. The molecule has 1 amide bonds. The third-order valence-electron chi connectivity index (χ3n) is 7.00. The van der Waals surface area contributed by atoms with Crippen LogP contribution >= 0.6 is 7.37 Å². The van der Waals surface area contributed by atoms with Crippen molar-refractivity contribution in [2.45, 2.75) is 109 Å². The maximum Gasteiger partial charge on any atom is 0.408 e. The Balaban J connectivity index is 2.03. The minimum atomic E-state index is -3.26. The van der Waals surface area contributed by atoms with E-state index in [1.165, 1.54) is 39.2 Å². The fourth-order valence-electron chi connectivity index (χ4n) is 5.05. The van der Waals surface area contributed by atoms with E-state index in [1.54, 1.807) is 27.4 Å². The number of nitrogens with one attached hydrogen (secondary N) is 1. The lowest BCUT2D eigenvalue weighted by Gasteiger charge is -2.32. The average molecular weight is 488 g/mol. The van der Waals surface area contributed by atoms with Crippen LogP contribution in [0, 0.1) is 17.8 Å². The van der Waals surface area contributed by atoms with Gasteiger partial charge >= 0.3 is 12.1 Å². The molecule has 0 bridgehead atoms. The molecule has 2 aliphatic rings. The van der Waals surface area contributed by atoms with Crippen molar-refractivity contribution in [3.05, 3.63) is 0 Å². The fraction of sp³-hybridized carbons (Fsp3) is 0.920. The van der Waals surface area contributed by atoms with Crippen LogP contribution in [0.25, 0.3) is 0 Å². The largest absolute Gasteiger partial charge is 0.469 e. The molecule has 2 rings (SSSR count). The van der Waals surface area contributed by atoms with Crippen molar-refractivity contribution in [1.29, 1.82) is 0 Å². The Hall–Kier alpha value is -1.07. The summed E-state index contributed by atoms with van der Waals surface area (Å²) in [5, 5.41) is 2.84. The van der Waals surface area contributed by atoms with Gasteiger partial charge in [-0.25, -0.2) is 4.79 Å². The van der Waals surface area contributed by atoms with Crippen LogP contribution in [0.1, 0.15) is 97.8 Å². The molecule has 2 fully saturated rings. The van der Waals surface area contributed by atoms with E-state index in [2.05, 4.69) is 5.32 Å². The standard InChI is InChI=1S/C25H46NO6P/c1-25(2,3)32-24(28)26-22(17-20-13-7-6-8-14-20)33(5,29)31-18-21(23(27)30-4)16-15-19-11-9-10-12-19/h19-22H,6-18H2,1-5H3,(H,26,28). The van der Waals surface area contributed by atoms with Crippen molar-refractivity contribution in [3.8, 4) is 0 Å². The molecule has 8 heteroatoms. The Morgan fingerprint density at radius 1 is 1.00 bits per heavy atom. The van der Waals surface area contributed by atoms with Gasteiger partial charge in [0.25, 0.3) is 0 Å². The van der Waals surface area contributed by atoms with Crippen molar-refractivity contribution in [3.63, 3.8) is 0 Å². The lowest BCUT2D eigenvalue weighted by atomic mass is 9.87. The number of alkyl carbamates (subject to hydrolysis) is 1. The Labute approximate surface area is 200 Å². The molecule has 0 aromatic carbocycles. The van der Waals surface area contributed by atoms with Gasteiger partial charge in [0.2, 0.25) is 7.37 Å². The number of esters is 1. The molecule has 0 radical (unpaired) electrons. The van der Waals surface area contributed by atoms with Crippen LogP contribution in [0.3, 0.4) is 0 Å². The van der Waals surface area contributed by atoms with Gasteiger partial charge < -0.3 is 19.3 Å². The van der Waals surface area contributed by atoms with E-state index in [9.17, 15) is 14.2 Å². The molecule has 0 spiro atoms. The number of hydrogen-bond donors (Lipinski definition) is 1. The maximum absolute atomic E-state index is 13.7. The van der Waals surface area contributed by atoms with Crippen LogP contribution in [-0.2, 0) is 23.4 Å². The predicted molar refractivity (Wildman–Crippen MR) is 131 cm³/mol. The van der Waals surface area contributed by atoms with Crippen molar-refractivity contribution in [2.24, 2.45) is 17.8 Å². The van der Waals surface area contributed by atoms with Crippen molar-refractivity contribution in [2.75, 3.05) is 20.4 Å². The smallest absolute Gasteiger partial charge is 0.408 e. The lowest BCUT2D eigenvalue weighted by molar-refractivity contribution is -0.146. The van der Waals surface area contributed by atoms with Gasteiger partial charge in [-0.1, -0.05) is 57.8 Å². The molecule has 2 aliphatic carbocycles. The molecule has 0 aromatic heterocycles. The van der Waals surface area contributed by atoms with Crippen molar-refractivity contribution >= 4 is 19.4 Å². The van der Waals surface area contributed by atoms with Gasteiger partial charge in [0.15, 0.2) is 0 Å². The number of amides is 1. The topological polar surface area (TPSA) is 90.9 Å². The number of ether oxygens (including phenoxy) is 2. The third-order valence-corrected chi connectivity index (χ3v) is 9.13. The first kappa shape index (κ1) is 28.2. The van der Waals surface area contributed by atoms with Crippen LogP contribution in [0.2, 0.25) is 0 Å². The molecule has 0 aliphatic heterocycles. The van der Waals surface area contributed by atoms with E-state index in [1.807, 2.05) is 0 Å². The second-order valence-electron chi connectivity index (χ2n) is 11.1. The Morgan fingerprint density at radius 2 is 1.58 bits per heavy atom. The van der Waals surface area contributed by atoms with Gasteiger partial charge in [-0.3, -0.25) is 9.36 Å². The maximum atomic E-state index is 13.7. The van der Waals surface area contributed by atoms with Gasteiger partial charge in [-0.05, 0) is 51.9 Å². The van der Waals surface area contributed by atoms with E-state index in [-0.39, 0.29) is 12.6 Å². The highest BCUT2D eigenvalue weighted by atomic mass is 31.2. The molecule has 192 valence electrons. The second-order valence-corrected chi connectivity index (χ2v) is 13.8. The molecule has 1 N–H and O–H groups in total. The first-order valence-corrected chi connectivity index (χ1v) is 14.9. The van der Waals surface area contributed by atoms with Gasteiger partial charge in [-0.15, -0.1) is 0 Å². The summed E-state index contributed by atoms with van der Waals surface area (Å²) < 4.78 is 30.1. The lowest BCUT2D eigenvalue weighted by Crippen LogP contribution is -2.40. The Bertz CT molecular complexity index is 664. The summed E-state index contributed by atoms with van der Waals surface area (Å²) in [6, 6.07) is 0. The zero-order valence-corrected chi connectivity index (χ0v) is 22.3. The molecular weight excluding hydrogens is 441 g/mol. The number of methoxy groups -OCH3 is 1. The van der Waals surface area contributed by atoms with Crippen LogP contribution in [0.5, 0.6) is 0 Å². The van der Waals surface area contributed by atoms with E-state index < -0.39 is 30.8 Å². The molecule has 0 heterocycles. The second kappa shape index (κ2) is 13.1. The zero-order chi connectivity index (χ0) is 24.5. The normalized spacial score (nSPS) is 21.7. The van der Waals surface area contributed by atoms with Crippen LogP contribution in [0.15, 0.2) is 0 Å². The summed E-state index contributed by atoms with van der Waals surface area (Å²) in [5.41, 5.74) is -0.645. The van der Waals surface area contributed by atoms with Gasteiger partial charge in [-0.2, -0.15) is 0 Å². The van der Waals surface area contributed by atoms with Gasteiger partial charge in [0, 0.05) is 6.66 Å². The minimum Gasteiger partial charge on any atom is -0.469 e. The first-order valence-electron chi connectivity index (χ1n) is 12.8. The van der Waals surface area contributed by atoms with E-state index >= 15 is 0 Å². The first-order chi connectivity index (χ1) is 15.5. The monoisotopic (exact) mass is 487 g/mol. The predicted octanol–water partition coefficient (Wildman–Crippen LogP) is 6.49. The zero-order valence-electron chi connectivity index (χ0n) is 21.4. The summed E-state index contributed by atoms with van der Waals surface area (Å²) in [6.45, 7) is 7.02. The van der Waals surface area contributed by atoms with E-state index in [4.69, 9.17) is 14.0 Å². The molecule has 0 aromatic rings. The number of carbonyl (C=O) groups excluding carboxylic acids is 2. The molecule has 33 heavy (non-hydrogen) atoms.